The molecule has 10 aromatic carbocycles. The number of H-pyrrole nitrogens is 1. The van der Waals surface area contributed by atoms with Crippen LogP contribution in [0.1, 0.15) is 60.8 Å². The maximum atomic E-state index is 3.89. The van der Waals surface area contributed by atoms with Gasteiger partial charge in [-0.15, -0.1) is 0 Å². The van der Waals surface area contributed by atoms with Crippen LogP contribution < -0.4 is 4.90 Å². The van der Waals surface area contributed by atoms with Gasteiger partial charge in [0.25, 0.3) is 0 Å². The number of fused-ring (bicyclic) bond motifs is 3. The van der Waals surface area contributed by atoms with Crippen molar-refractivity contribution < 1.29 is 0 Å². The fourth-order valence-electron chi connectivity index (χ4n) is 11.0. The van der Waals surface area contributed by atoms with Crippen LogP contribution in [0.3, 0.4) is 0 Å². The highest BCUT2D eigenvalue weighted by molar-refractivity contribution is 6.15. The fraction of sp³-hybridized carbons (Fsp3) is 0.130. The van der Waals surface area contributed by atoms with Gasteiger partial charge in [-0.25, -0.2) is 0 Å². The second-order valence-electron chi connectivity index (χ2n) is 19.6. The molecule has 0 saturated heterocycles. The molecule has 2 nitrogen and oxygen atoms in total. The van der Waals surface area contributed by atoms with Crippen molar-refractivity contribution >= 4 is 38.9 Å². The molecule has 1 fully saturated rings. The summed E-state index contributed by atoms with van der Waals surface area (Å²) in [5, 5.41) is 2.50. The number of para-hydroxylation sites is 2. The Hall–Kier alpha value is -8.20. The Morgan fingerprint density at radius 3 is 1.49 bits per heavy atom. The molecule has 1 aromatic heterocycles. The SMILES string of the molecule is CCCCc1ccccc1-c1ccc(-c2ccc(N(c3ccc(-c4ccccc4)cc3)c3ccc(-c4ccc(-c5cccc6c5[nH]c5c(-c7ccccc7)cccc56)cc4C)c(C4CC4)c3)cc2)cc1C. The van der Waals surface area contributed by atoms with Crippen LogP contribution in [0.4, 0.5) is 17.1 Å². The quantitative estimate of drug-likeness (QED) is 0.122. The summed E-state index contributed by atoms with van der Waals surface area (Å²) in [6.45, 7) is 6.81. The van der Waals surface area contributed by atoms with Crippen molar-refractivity contribution in [3.8, 4) is 66.8 Å². The normalized spacial score (nSPS) is 12.4. The first-order valence-corrected chi connectivity index (χ1v) is 25.6. The Bertz CT molecular complexity index is 3690. The summed E-state index contributed by atoms with van der Waals surface area (Å²) in [6.07, 6.45) is 5.94. The lowest BCUT2D eigenvalue weighted by molar-refractivity contribution is 0.796. The third-order valence-corrected chi connectivity index (χ3v) is 14.9. The van der Waals surface area contributed by atoms with E-state index >= 15 is 0 Å². The molecular formula is C69H58N2. The van der Waals surface area contributed by atoms with Crippen LogP contribution in [-0.4, -0.2) is 4.98 Å². The van der Waals surface area contributed by atoms with E-state index in [1.54, 1.807) is 0 Å². The standard InChI is InChI=1S/C69H58N2/c1-4-5-16-51-21-12-13-22-61(51)59-40-33-54(43-46(59)2)50-31-37-57(38-32-50)71(56-35-29-49(30-36-56)48-17-8-6-9-18-48)58-39-42-64(67(45-58)53-27-28-53)60-41-34-55(44-47(60)3)63-24-15-26-66-65-25-14-23-62(68(65)70-69(63)66)52-19-10-7-11-20-52/h6-15,17-26,29-45,53,70H,4-5,16,27-28H2,1-3H3. The van der Waals surface area contributed by atoms with Gasteiger partial charge >= 0.3 is 0 Å². The smallest absolute Gasteiger partial charge is 0.0544 e. The lowest BCUT2D eigenvalue weighted by Crippen LogP contribution is -2.10. The van der Waals surface area contributed by atoms with Crippen molar-refractivity contribution in [3.05, 3.63) is 247 Å². The Balaban J connectivity index is 0.896. The second kappa shape index (κ2) is 18.9. The molecule has 1 aliphatic carbocycles. The molecule has 0 unspecified atom stereocenters. The van der Waals surface area contributed by atoms with E-state index < -0.39 is 0 Å². The monoisotopic (exact) mass is 914 g/mol. The molecule has 0 aliphatic heterocycles. The summed E-state index contributed by atoms with van der Waals surface area (Å²) in [5.74, 6) is 0.539. The van der Waals surface area contributed by atoms with Crippen molar-refractivity contribution in [2.24, 2.45) is 0 Å². The van der Waals surface area contributed by atoms with Gasteiger partial charge in [0.1, 0.15) is 0 Å². The van der Waals surface area contributed by atoms with Crippen LogP contribution in [0.5, 0.6) is 0 Å². The van der Waals surface area contributed by atoms with E-state index in [-0.39, 0.29) is 0 Å². The molecule has 1 saturated carbocycles. The van der Waals surface area contributed by atoms with E-state index in [1.165, 1.54) is 142 Å². The Labute approximate surface area is 418 Å². The average molecular weight is 915 g/mol. The first kappa shape index (κ1) is 44.0. The molecule has 0 radical (unpaired) electrons. The summed E-state index contributed by atoms with van der Waals surface area (Å²) >= 11 is 0. The van der Waals surface area contributed by atoms with Gasteiger partial charge in [0.2, 0.25) is 0 Å². The Kier molecular flexibility index (Phi) is 11.8. The minimum atomic E-state index is 0.539. The van der Waals surface area contributed by atoms with Crippen molar-refractivity contribution in [2.45, 2.75) is 58.8 Å². The van der Waals surface area contributed by atoms with Crippen LogP contribution in [0, 0.1) is 13.8 Å². The molecule has 1 N–H and O–H groups in total. The molecule has 12 rings (SSSR count). The van der Waals surface area contributed by atoms with Gasteiger partial charge in [-0.05, 0) is 160 Å². The summed E-state index contributed by atoms with van der Waals surface area (Å²) in [4.78, 5) is 6.33. The van der Waals surface area contributed by atoms with Crippen LogP contribution in [-0.2, 0) is 6.42 Å². The van der Waals surface area contributed by atoms with Gasteiger partial charge in [0, 0.05) is 39.0 Å². The highest BCUT2D eigenvalue weighted by Crippen LogP contribution is 2.49. The van der Waals surface area contributed by atoms with E-state index in [2.05, 4.69) is 255 Å². The third kappa shape index (κ3) is 8.55. The van der Waals surface area contributed by atoms with Gasteiger partial charge in [-0.1, -0.05) is 201 Å². The fourth-order valence-corrected chi connectivity index (χ4v) is 11.0. The molecular weight excluding hydrogens is 857 g/mol. The number of nitrogens with zero attached hydrogens (tertiary/aromatic N) is 1. The lowest BCUT2D eigenvalue weighted by Gasteiger charge is -2.27. The Morgan fingerprint density at radius 2 is 0.873 bits per heavy atom. The van der Waals surface area contributed by atoms with E-state index in [1.807, 2.05) is 0 Å². The molecule has 0 spiro atoms. The van der Waals surface area contributed by atoms with Gasteiger partial charge in [-0.3, -0.25) is 0 Å². The number of anilines is 3. The first-order valence-electron chi connectivity index (χ1n) is 25.6. The number of nitrogens with one attached hydrogen (secondary N) is 1. The van der Waals surface area contributed by atoms with E-state index in [0.717, 1.165) is 17.8 Å². The molecule has 11 aromatic rings. The molecule has 1 heterocycles. The molecule has 71 heavy (non-hydrogen) atoms. The molecule has 0 bridgehead atoms. The summed E-state index contributed by atoms with van der Waals surface area (Å²) in [7, 11) is 0. The minimum Gasteiger partial charge on any atom is -0.353 e. The molecule has 2 heteroatoms. The highest BCUT2D eigenvalue weighted by Gasteiger charge is 2.28. The molecule has 344 valence electrons. The largest absolute Gasteiger partial charge is 0.353 e. The topological polar surface area (TPSA) is 19.0 Å². The Morgan fingerprint density at radius 1 is 0.394 bits per heavy atom. The zero-order valence-corrected chi connectivity index (χ0v) is 40.9. The maximum absolute atomic E-state index is 3.89. The van der Waals surface area contributed by atoms with Crippen molar-refractivity contribution in [1.29, 1.82) is 0 Å². The highest BCUT2D eigenvalue weighted by atomic mass is 15.1. The minimum absolute atomic E-state index is 0.539. The van der Waals surface area contributed by atoms with Crippen LogP contribution in [0.25, 0.3) is 88.6 Å². The number of benzene rings is 10. The summed E-state index contributed by atoms with van der Waals surface area (Å²) in [6, 6.07) is 83.2. The average Bonchev–Trinajstić information content (AvgIpc) is 4.21. The first-order chi connectivity index (χ1) is 35.0. The number of hydrogen-bond donors (Lipinski definition) is 1. The van der Waals surface area contributed by atoms with E-state index in [4.69, 9.17) is 0 Å². The van der Waals surface area contributed by atoms with Crippen molar-refractivity contribution in [1.82, 2.24) is 4.98 Å². The predicted octanol–water partition coefficient (Wildman–Crippen LogP) is 19.6. The number of unbranched alkanes of at least 4 members (excludes halogenated alkanes) is 1. The second-order valence-corrected chi connectivity index (χ2v) is 19.6. The zero-order valence-electron chi connectivity index (χ0n) is 40.9. The predicted molar refractivity (Wildman–Crippen MR) is 303 cm³/mol. The number of aryl methyl sites for hydroxylation is 3. The van der Waals surface area contributed by atoms with Crippen molar-refractivity contribution in [2.75, 3.05) is 4.90 Å². The third-order valence-electron chi connectivity index (χ3n) is 14.9. The maximum Gasteiger partial charge on any atom is 0.0544 e. The summed E-state index contributed by atoms with van der Waals surface area (Å²) in [5.41, 5.74) is 26.3. The van der Waals surface area contributed by atoms with Gasteiger partial charge < -0.3 is 9.88 Å². The van der Waals surface area contributed by atoms with Crippen LogP contribution in [0.2, 0.25) is 0 Å². The summed E-state index contributed by atoms with van der Waals surface area (Å²) < 4.78 is 0. The van der Waals surface area contributed by atoms with Gasteiger partial charge in [0.15, 0.2) is 0 Å². The van der Waals surface area contributed by atoms with E-state index in [9.17, 15) is 0 Å². The van der Waals surface area contributed by atoms with Crippen molar-refractivity contribution in [3.63, 3.8) is 0 Å². The van der Waals surface area contributed by atoms with Gasteiger partial charge in [-0.2, -0.15) is 0 Å². The number of aromatic nitrogens is 1. The van der Waals surface area contributed by atoms with E-state index in [0.29, 0.717) is 5.92 Å². The number of aromatic amines is 1. The molecule has 0 atom stereocenters. The zero-order chi connectivity index (χ0) is 47.8. The number of rotatable bonds is 13. The molecule has 1 aliphatic rings. The lowest BCUT2D eigenvalue weighted by atomic mass is 9.90. The molecule has 0 amide bonds. The van der Waals surface area contributed by atoms with Crippen LogP contribution >= 0.6 is 0 Å². The number of hydrogen-bond acceptors (Lipinski definition) is 1. The van der Waals surface area contributed by atoms with Gasteiger partial charge in [0.05, 0.1) is 11.0 Å². The van der Waals surface area contributed by atoms with Crippen LogP contribution in [0.15, 0.2) is 224 Å².